The molecule has 1 aromatic heterocycles. The van der Waals surface area contributed by atoms with Crippen molar-refractivity contribution in [1.29, 1.82) is 0 Å². The van der Waals surface area contributed by atoms with Crippen molar-refractivity contribution in [1.82, 2.24) is 9.88 Å². The van der Waals surface area contributed by atoms with Crippen LogP contribution in [0.3, 0.4) is 0 Å². The zero-order chi connectivity index (χ0) is 15.5. The monoisotopic (exact) mass is 292 g/mol. The predicted octanol–water partition coefficient (Wildman–Crippen LogP) is 3.03. The van der Waals surface area contributed by atoms with Crippen LogP contribution >= 0.6 is 0 Å². The summed E-state index contributed by atoms with van der Waals surface area (Å²) >= 11 is 0. The smallest absolute Gasteiger partial charge is 0.410 e. The van der Waals surface area contributed by atoms with Crippen molar-refractivity contribution in [3.05, 3.63) is 24.0 Å². The SMILES string of the molecule is Cc1ccc(OCC2CCN(C(=O)OC(C)(C)C)C2)cn1. The summed E-state index contributed by atoms with van der Waals surface area (Å²) in [5.41, 5.74) is 0.526. The van der Waals surface area contributed by atoms with Crippen molar-refractivity contribution in [2.75, 3.05) is 19.7 Å². The van der Waals surface area contributed by atoms with Gasteiger partial charge in [0, 0.05) is 24.7 Å². The number of likely N-dealkylation sites (tertiary alicyclic amines) is 1. The van der Waals surface area contributed by atoms with Crippen LogP contribution in [0.4, 0.5) is 4.79 Å². The average Bonchev–Trinajstić information content (AvgIpc) is 2.85. The van der Waals surface area contributed by atoms with Gasteiger partial charge in [-0.15, -0.1) is 0 Å². The van der Waals surface area contributed by atoms with E-state index in [0.717, 1.165) is 24.4 Å². The number of rotatable bonds is 3. The number of hydrogen-bond donors (Lipinski definition) is 0. The van der Waals surface area contributed by atoms with Crippen LogP contribution in [0, 0.1) is 12.8 Å². The number of aryl methyl sites for hydroxylation is 1. The summed E-state index contributed by atoms with van der Waals surface area (Å²) in [7, 11) is 0. The maximum atomic E-state index is 12.0. The summed E-state index contributed by atoms with van der Waals surface area (Å²) in [5.74, 6) is 1.12. The summed E-state index contributed by atoms with van der Waals surface area (Å²) in [5, 5.41) is 0. The van der Waals surface area contributed by atoms with E-state index in [1.54, 1.807) is 11.1 Å². The number of aromatic nitrogens is 1. The van der Waals surface area contributed by atoms with Gasteiger partial charge in [-0.05, 0) is 46.2 Å². The van der Waals surface area contributed by atoms with Crippen molar-refractivity contribution >= 4 is 6.09 Å². The van der Waals surface area contributed by atoms with Crippen LogP contribution in [0.5, 0.6) is 5.75 Å². The molecule has 1 amide bonds. The molecule has 0 bridgehead atoms. The molecular weight excluding hydrogens is 268 g/mol. The summed E-state index contributed by atoms with van der Waals surface area (Å²) in [6.07, 6.45) is 2.44. The number of nitrogens with zero attached hydrogens (tertiary/aromatic N) is 2. The molecule has 1 atom stereocenters. The summed E-state index contributed by atoms with van der Waals surface area (Å²) < 4.78 is 11.1. The van der Waals surface area contributed by atoms with Crippen molar-refractivity contribution in [2.45, 2.75) is 39.7 Å². The van der Waals surface area contributed by atoms with Crippen LogP contribution in [-0.2, 0) is 4.74 Å². The summed E-state index contributed by atoms with van der Waals surface area (Å²) in [4.78, 5) is 17.9. The lowest BCUT2D eigenvalue weighted by atomic mass is 10.1. The number of hydrogen-bond acceptors (Lipinski definition) is 4. The highest BCUT2D eigenvalue weighted by molar-refractivity contribution is 5.68. The Morgan fingerprint density at radius 1 is 1.43 bits per heavy atom. The first kappa shape index (κ1) is 15.6. The molecule has 1 saturated heterocycles. The van der Waals surface area contributed by atoms with E-state index in [2.05, 4.69) is 4.98 Å². The fourth-order valence-electron chi connectivity index (χ4n) is 2.21. The van der Waals surface area contributed by atoms with Gasteiger partial charge in [0.2, 0.25) is 0 Å². The lowest BCUT2D eigenvalue weighted by molar-refractivity contribution is 0.0285. The Morgan fingerprint density at radius 3 is 2.81 bits per heavy atom. The molecule has 1 unspecified atom stereocenters. The molecule has 0 radical (unpaired) electrons. The van der Waals surface area contributed by atoms with Gasteiger partial charge >= 0.3 is 6.09 Å². The molecule has 2 heterocycles. The fraction of sp³-hybridized carbons (Fsp3) is 0.625. The highest BCUT2D eigenvalue weighted by Gasteiger charge is 2.30. The molecule has 116 valence electrons. The quantitative estimate of drug-likeness (QED) is 0.859. The van der Waals surface area contributed by atoms with Crippen molar-refractivity contribution in [3.63, 3.8) is 0 Å². The van der Waals surface area contributed by atoms with E-state index in [4.69, 9.17) is 9.47 Å². The zero-order valence-corrected chi connectivity index (χ0v) is 13.3. The van der Waals surface area contributed by atoms with Gasteiger partial charge in [-0.25, -0.2) is 4.79 Å². The molecule has 1 aliphatic rings. The number of ether oxygens (including phenoxy) is 2. The number of carbonyl (C=O) groups excluding carboxylic acids is 1. The molecular formula is C16H24N2O3. The Balaban J connectivity index is 1.77. The molecule has 21 heavy (non-hydrogen) atoms. The lowest BCUT2D eigenvalue weighted by Gasteiger charge is -2.24. The van der Waals surface area contributed by atoms with Gasteiger partial charge in [-0.2, -0.15) is 0 Å². The number of pyridine rings is 1. The highest BCUT2D eigenvalue weighted by atomic mass is 16.6. The van der Waals surface area contributed by atoms with Gasteiger partial charge in [0.15, 0.2) is 0 Å². The predicted molar refractivity (Wildman–Crippen MR) is 80.4 cm³/mol. The van der Waals surface area contributed by atoms with Gasteiger partial charge in [-0.3, -0.25) is 4.98 Å². The van der Waals surface area contributed by atoms with Gasteiger partial charge in [0.25, 0.3) is 0 Å². The first-order valence-corrected chi connectivity index (χ1v) is 7.37. The minimum absolute atomic E-state index is 0.234. The van der Waals surface area contributed by atoms with Crippen LogP contribution in [0.25, 0.3) is 0 Å². The van der Waals surface area contributed by atoms with Crippen LogP contribution < -0.4 is 4.74 Å². The molecule has 1 fully saturated rings. The molecule has 0 aliphatic carbocycles. The normalized spacial score (nSPS) is 18.7. The van der Waals surface area contributed by atoms with E-state index in [1.807, 2.05) is 39.8 Å². The molecule has 5 nitrogen and oxygen atoms in total. The van der Waals surface area contributed by atoms with E-state index < -0.39 is 5.60 Å². The molecule has 0 N–H and O–H groups in total. The Kier molecular flexibility index (Phi) is 4.70. The van der Waals surface area contributed by atoms with Gasteiger partial charge in [-0.1, -0.05) is 0 Å². The van der Waals surface area contributed by atoms with E-state index >= 15 is 0 Å². The molecule has 2 rings (SSSR count). The average molecular weight is 292 g/mol. The number of amides is 1. The first-order chi connectivity index (χ1) is 9.83. The third-order valence-electron chi connectivity index (χ3n) is 3.31. The molecule has 5 heteroatoms. The van der Waals surface area contributed by atoms with Crippen LogP contribution in [0.2, 0.25) is 0 Å². The second-order valence-corrected chi connectivity index (χ2v) is 6.53. The Hall–Kier alpha value is -1.78. The lowest BCUT2D eigenvalue weighted by Crippen LogP contribution is -2.35. The highest BCUT2D eigenvalue weighted by Crippen LogP contribution is 2.20. The summed E-state index contributed by atoms with van der Waals surface area (Å²) in [6.45, 7) is 9.61. The van der Waals surface area contributed by atoms with Gasteiger partial charge in [0.1, 0.15) is 11.4 Å². The number of carbonyl (C=O) groups is 1. The molecule has 1 aliphatic heterocycles. The Labute approximate surface area is 126 Å². The second-order valence-electron chi connectivity index (χ2n) is 6.53. The largest absolute Gasteiger partial charge is 0.492 e. The second kappa shape index (κ2) is 6.33. The fourth-order valence-corrected chi connectivity index (χ4v) is 2.21. The van der Waals surface area contributed by atoms with Crippen molar-refractivity contribution < 1.29 is 14.3 Å². The van der Waals surface area contributed by atoms with E-state index in [-0.39, 0.29) is 6.09 Å². The minimum atomic E-state index is -0.445. The van der Waals surface area contributed by atoms with E-state index in [0.29, 0.717) is 19.1 Å². The van der Waals surface area contributed by atoms with Gasteiger partial charge in [0.05, 0.1) is 12.8 Å². The molecule has 0 saturated carbocycles. The molecule has 1 aromatic rings. The Morgan fingerprint density at radius 2 is 2.19 bits per heavy atom. The van der Waals surface area contributed by atoms with Crippen LogP contribution in [0.15, 0.2) is 18.3 Å². The van der Waals surface area contributed by atoms with Crippen LogP contribution in [0.1, 0.15) is 32.9 Å². The van der Waals surface area contributed by atoms with Crippen LogP contribution in [-0.4, -0.2) is 41.3 Å². The summed E-state index contributed by atoms with van der Waals surface area (Å²) in [6, 6.07) is 3.85. The zero-order valence-electron chi connectivity index (χ0n) is 13.3. The standard InChI is InChI=1S/C16H24N2O3/c1-12-5-6-14(9-17-12)20-11-13-7-8-18(10-13)15(19)21-16(2,3)4/h5-6,9,13H,7-8,10-11H2,1-4H3. The maximum absolute atomic E-state index is 12.0. The maximum Gasteiger partial charge on any atom is 0.410 e. The first-order valence-electron chi connectivity index (χ1n) is 7.37. The minimum Gasteiger partial charge on any atom is -0.492 e. The third kappa shape index (κ3) is 4.92. The topological polar surface area (TPSA) is 51.7 Å². The van der Waals surface area contributed by atoms with E-state index in [9.17, 15) is 4.79 Å². The van der Waals surface area contributed by atoms with Crippen molar-refractivity contribution in [3.8, 4) is 5.75 Å². The Bertz CT molecular complexity index is 479. The molecule has 0 spiro atoms. The molecule has 0 aromatic carbocycles. The third-order valence-corrected chi connectivity index (χ3v) is 3.31. The van der Waals surface area contributed by atoms with Gasteiger partial charge < -0.3 is 14.4 Å². The van der Waals surface area contributed by atoms with Crippen molar-refractivity contribution in [2.24, 2.45) is 5.92 Å². The van der Waals surface area contributed by atoms with E-state index in [1.165, 1.54) is 0 Å².